The fourth-order valence-electron chi connectivity index (χ4n) is 2.52. The summed E-state index contributed by atoms with van der Waals surface area (Å²) in [6.07, 6.45) is 1.02. The van der Waals surface area contributed by atoms with Crippen LogP contribution in [0.25, 0.3) is 0 Å². The third-order valence-electron chi connectivity index (χ3n) is 4.16. The Balaban J connectivity index is 2.14. The molecular weight excluding hydrogens is 246 g/mol. The summed E-state index contributed by atoms with van der Waals surface area (Å²) >= 11 is 0. The highest BCUT2D eigenvalue weighted by Gasteiger charge is 2.32. The van der Waals surface area contributed by atoms with Crippen molar-refractivity contribution in [3.8, 4) is 0 Å². The molecule has 1 saturated heterocycles. The molecule has 2 atom stereocenters. The number of rotatable bonds is 3. The van der Waals surface area contributed by atoms with Gasteiger partial charge in [-0.2, -0.15) is 0 Å². The summed E-state index contributed by atoms with van der Waals surface area (Å²) in [5, 5.41) is 3.53. The smallest absolute Gasteiger partial charge is 0.127 e. The van der Waals surface area contributed by atoms with E-state index in [0.29, 0.717) is 18.2 Å². The second kappa shape index (κ2) is 5.55. The van der Waals surface area contributed by atoms with Crippen LogP contribution >= 0.6 is 0 Å². The largest absolute Gasteiger partial charge is 0.309 e. The SMILES string of the molecule is CCC1(C)CN(Cc2cc(F)ccc2F)C(C)CN1. The van der Waals surface area contributed by atoms with Crippen LogP contribution in [0.5, 0.6) is 0 Å². The molecule has 0 aromatic heterocycles. The average Bonchev–Trinajstić information content (AvgIpc) is 2.38. The normalized spacial score (nSPS) is 28.6. The third-order valence-corrected chi connectivity index (χ3v) is 4.16. The first-order chi connectivity index (χ1) is 8.93. The lowest BCUT2D eigenvalue weighted by atomic mass is 9.93. The second-order valence-electron chi connectivity index (χ2n) is 5.78. The zero-order valence-electron chi connectivity index (χ0n) is 11.8. The van der Waals surface area contributed by atoms with Crippen molar-refractivity contribution in [3.63, 3.8) is 0 Å². The fourth-order valence-corrected chi connectivity index (χ4v) is 2.52. The van der Waals surface area contributed by atoms with Gasteiger partial charge in [-0.05, 0) is 38.5 Å². The molecular formula is C15H22F2N2. The van der Waals surface area contributed by atoms with Crippen LogP contribution in [0, 0.1) is 11.6 Å². The molecule has 4 heteroatoms. The van der Waals surface area contributed by atoms with E-state index in [4.69, 9.17) is 0 Å². The molecule has 1 aromatic carbocycles. The van der Waals surface area contributed by atoms with Crippen molar-refractivity contribution < 1.29 is 8.78 Å². The lowest BCUT2D eigenvalue weighted by Crippen LogP contribution is -2.61. The van der Waals surface area contributed by atoms with Crippen LogP contribution in [0.3, 0.4) is 0 Å². The van der Waals surface area contributed by atoms with E-state index in [1.807, 2.05) is 0 Å². The number of nitrogens with one attached hydrogen (secondary N) is 1. The van der Waals surface area contributed by atoms with Crippen LogP contribution in [-0.4, -0.2) is 29.6 Å². The summed E-state index contributed by atoms with van der Waals surface area (Å²) in [6, 6.07) is 3.99. The van der Waals surface area contributed by atoms with E-state index in [2.05, 4.69) is 31.0 Å². The van der Waals surface area contributed by atoms with Crippen molar-refractivity contribution in [2.45, 2.75) is 45.3 Å². The molecule has 1 aliphatic rings. The van der Waals surface area contributed by atoms with Gasteiger partial charge in [0.1, 0.15) is 11.6 Å². The topological polar surface area (TPSA) is 15.3 Å². The molecule has 1 aromatic rings. The van der Waals surface area contributed by atoms with Crippen LogP contribution in [0.1, 0.15) is 32.8 Å². The minimum absolute atomic E-state index is 0.0519. The zero-order chi connectivity index (χ0) is 14.0. The summed E-state index contributed by atoms with van der Waals surface area (Å²) in [5.74, 6) is -0.706. The minimum atomic E-state index is -0.377. The van der Waals surface area contributed by atoms with Crippen LogP contribution in [0.2, 0.25) is 0 Å². The Morgan fingerprint density at radius 1 is 1.42 bits per heavy atom. The van der Waals surface area contributed by atoms with E-state index in [1.54, 1.807) is 0 Å². The van der Waals surface area contributed by atoms with Gasteiger partial charge in [0, 0.05) is 36.8 Å². The molecule has 1 aliphatic heterocycles. The number of piperazine rings is 1. The molecule has 2 rings (SSSR count). The summed E-state index contributed by atoms with van der Waals surface area (Å²) in [5.41, 5.74) is 0.489. The molecule has 19 heavy (non-hydrogen) atoms. The fraction of sp³-hybridized carbons (Fsp3) is 0.600. The molecule has 0 spiro atoms. The van der Waals surface area contributed by atoms with Crippen LogP contribution < -0.4 is 5.32 Å². The Morgan fingerprint density at radius 2 is 2.16 bits per heavy atom. The first kappa shape index (κ1) is 14.4. The molecule has 1 N–H and O–H groups in total. The van der Waals surface area contributed by atoms with Gasteiger partial charge in [-0.15, -0.1) is 0 Å². The van der Waals surface area contributed by atoms with Crippen molar-refractivity contribution in [1.82, 2.24) is 10.2 Å². The quantitative estimate of drug-likeness (QED) is 0.906. The maximum absolute atomic E-state index is 13.7. The van der Waals surface area contributed by atoms with E-state index in [9.17, 15) is 8.78 Å². The third kappa shape index (κ3) is 3.31. The van der Waals surface area contributed by atoms with Crippen LogP contribution in [0.4, 0.5) is 8.78 Å². The number of hydrogen-bond donors (Lipinski definition) is 1. The minimum Gasteiger partial charge on any atom is -0.309 e. The number of nitrogens with zero attached hydrogens (tertiary/aromatic N) is 1. The van der Waals surface area contributed by atoms with E-state index >= 15 is 0 Å². The Hall–Kier alpha value is -1.00. The predicted molar refractivity (Wildman–Crippen MR) is 72.9 cm³/mol. The Labute approximate surface area is 113 Å². The summed E-state index contributed by atoms with van der Waals surface area (Å²) in [6.45, 7) is 8.61. The Morgan fingerprint density at radius 3 is 2.84 bits per heavy atom. The van der Waals surface area contributed by atoms with Gasteiger partial charge in [-0.1, -0.05) is 6.92 Å². The first-order valence-corrected chi connectivity index (χ1v) is 6.86. The van der Waals surface area contributed by atoms with Gasteiger partial charge >= 0.3 is 0 Å². The highest BCUT2D eigenvalue weighted by atomic mass is 19.1. The molecule has 1 heterocycles. The van der Waals surface area contributed by atoms with E-state index in [0.717, 1.165) is 25.6 Å². The van der Waals surface area contributed by atoms with Crippen LogP contribution in [-0.2, 0) is 6.54 Å². The van der Waals surface area contributed by atoms with Gasteiger partial charge in [0.25, 0.3) is 0 Å². The molecule has 2 unspecified atom stereocenters. The zero-order valence-corrected chi connectivity index (χ0v) is 11.8. The lowest BCUT2D eigenvalue weighted by molar-refractivity contribution is 0.0855. The second-order valence-corrected chi connectivity index (χ2v) is 5.78. The van der Waals surface area contributed by atoms with Gasteiger partial charge in [-0.25, -0.2) is 8.78 Å². The van der Waals surface area contributed by atoms with E-state index in [1.165, 1.54) is 12.1 Å². The molecule has 1 fully saturated rings. The highest BCUT2D eigenvalue weighted by Crippen LogP contribution is 2.22. The van der Waals surface area contributed by atoms with Gasteiger partial charge in [0.05, 0.1) is 0 Å². The van der Waals surface area contributed by atoms with E-state index in [-0.39, 0.29) is 17.2 Å². The van der Waals surface area contributed by atoms with Gasteiger partial charge in [-0.3, -0.25) is 4.90 Å². The molecule has 106 valence electrons. The average molecular weight is 268 g/mol. The van der Waals surface area contributed by atoms with Crippen molar-refractivity contribution in [1.29, 1.82) is 0 Å². The monoisotopic (exact) mass is 268 g/mol. The maximum Gasteiger partial charge on any atom is 0.127 e. The standard InChI is InChI=1S/C15H22F2N2/c1-4-15(3)10-19(11(2)8-18-15)9-12-7-13(16)5-6-14(12)17/h5-7,11,18H,4,8-10H2,1-3H3. The number of halogens is 2. The van der Waals surface area contributed by atoms with Gasteiger partial charge in [0.15, 0.2) is 0 Å². The Kier molecular flexibility index (Phi) is 4.21. The predicted octanol–water partition coefficient (Wildman–Crippen LogP) is 2.93. The number of benzene rings is 1. The number of hydrogen-bond acceptors (Lipinski definition) is 2. The van der Waals surface area contributed by atoms with Crippen molar-refractivity contribution in [2.24, 2.45) is 0 Å². The van der Waals surface area contributed by atoms with Gasteiger partial charge < -0.3 is 5.32 Å². The molecule has 0 saturated carbocycles. The summed E-state index contributed by atoms with van der Waals surface area (Å²) < 4.78 is 26.9. The molecule has 2 nitrogen and oxygen atoms in total. The maximum atomic E-state index is 13.7. The van der Waals surface area contributed by atoms with Crippen LogP contribution in [0.15, 0.2) is 18.2 Å². The summed E-state index contributed by atoms with van der Waals surface area (Å²) in [4.78, 5) is 2.22. The molecule has 0 amide bonds. The van der Waals surface area contributed by atoms with E-state index < -0.39 is 0 Å². The lowest BCUT2D eigenvalue weighted by Gasteiger charge is -2.45. The van der Waals surface area contributed by atoms with Crippen molar-refractivity contribution in [2.75, 3.05) is 13.1 Å². The first-order valence-electron chi connectivity index (χ1n) is 6.86. The van der Waals surface area contributed by atoms with Crippen molar-refractivity contribution >= 4 is 0 Å². The van der Waals surface area contributed by atoms with Crippen molar-refractivity contribution in [3.05, 3.63) is 35.4 Å². The van der Waals surface area contributed by atoms with Gasteiger partial charge in [0.2, 0.25) is 0 Å². The highest BCUT2D eigenvalue weighted by molar-refractivity contribution is 5.19. The molecule has 0 radical (unpaired) electrons. The molecule has 0 aliphatic carbocycles. The molecule has 0 bridgehead atoms. The summed E-state index contributed by atoms with van der Waals surface area (Å²) in [7, 11) is 0. The Bertz CT molecular complexity index is 450.